The standard InChI is InChI=1S/C11H9NO2/c12-10-6-8(11(13)14)5-7-3-1-2-4-9(7)10/h1-6H,12H2,(H,13,14). The van der Waals surface area contributed by atoms with Crippen molar-refractivity contribution in [3.05, 3.63) is 42.0 Å². The number of benzene rings is 2. The first-order valence-electron chi connectivity index (χ1n) is 4.20. The molecule has 3 nitrogen and oxygen atoms in total. The lowest BCUT2D eigenvalue weighted by atomic mass is 10.1. The molecule has 2 aromatic rings. The van der Waals surface area contributed by atoms with Crippen LogP contribution in [0, 0.1) is 0 Å². The molecule has 0 saturated carbocycles. The second kappa shape index (κ2) is 3.03. The van der Waals surface area contributed by atoms with E-state index in [1.54, 1.807) is 6.07 Å². The molecule has 70 valence electrons. The fraction of sp³-hybridized carbons (Fsp3) is 0. The average molecular weight is 187 g/mol. The minimum atomic E-state index is -0.956. The highest BCUT2D eigenvalue weighted by Crippen LogP contribution is 2.22. The molecule has 0 aliphatic heterocycles. The first-order valence-corrected chi connectivity index (χ1v) is 4.20. The minimum Gasteiger partial charge on any atom is -0.478 e. The quantitative estimate of drug-likeness (QED) is 0.672. The van der Waals surface area contributed by atoms with E-state index in [1.807, 2.05) is 24.3 Å². The maximum atomic E-state index is 10.7. The van der Waals surface area contributed by atoms with Gasteiger partial charge in [-0.2, -0.15) is 0 Å². The number of hydrogen-bond donors (Lipinski definition) is 2. The van der Waals surface area contributed by atoms with Crippen LogP contribution in [0.15, 0.2) is 36.4 Å². The van der Waals surface area contributed by atoms with Crippen molar-refractivity contribution in [1.29, 1.82) is 0 Å². The van der Waals surface area contributed by atoms with E-state index in [9.17, 15) is 4.79 Å². The molecule has 0 bridgehead atoms. The van der Waals surface area contributed by atoms with E-state index in [4.69, 9.17) is 10.8 Å². The maximum Gasteiger partial charge on any atom is 0.335 e. The van der Waals surface area contributed by atoms with Gasteiger partial charge >= 0.3 is 5.97 Å². The summed E-state index contributed by atoms with van der Waals surface area (Å²) in [7, 11) is 0. The van der Waals surface area contributed by atoms with Crippen molar-refractivity contribution in [3.63, 3.8) is 0 Å². The molecular weight excluding hydrogens is 178 g/mol. The summed E-state index contributed by atoms with van der Waals surface area (Å²) in [6.07, 6.45) is 0. The third-order valence-corrected chi connectivity index (χ3v) is 2.14. The third kappa shape index (κ3) is 1.29. The summed E-state index contributed by atoms with van der Waals surface area (Å²) in [5.74, 6) is -0.956. The van der Waals surface area contributed by atoms with Crippen molar-refractivity contribution in [2.45, 2.75) is 0 Å². The predicted molar refractivity (Wildman–Crippen MR) is 55.3 cm³/mol. The number of nitrogens with two attached hydrogens (primary N) is 1. The van der Waals surface area contributed by atoms with Crippen LogP contribution in [0.3, 0.4) is 0 Å². The largest absolute Gasteiger partial charge is 0.478 e. The van der Waals surface area contributed by atoms with Gasteiger partial charge in [-0.1, -0.05) is 24.3 Å². The van der Waals surface area contributed by atoms with E-state index in [0.717, 1.165) is 10.8 Å². The zero-order valence-electron chi connectivity index (χ0n) is 7.40. The molecule has 0 saturated heterocycles. The van der Waals surface area contributed by atoms with Crippen LogP contribution in [0.2, 0.25) is 0 Å². The number of rotatable bonds is 1. The molecule has 2 aromatic carbocycles. The molecule has 3 heteroatoms. The normalized spacial score (nSPS) is 10.3. The van der Waals surface area contributed by atoms with Crippen LogP contribution in [-0.2, 0) is 0 Å². The van der Waals surface area contributed by atoms with Gasteiger partial charge in [0.2, 0.25) is 0 Å². The Kier molecular flexibility index (Phi) is 1.85. The second-order valence-electron chi connectivity index (χ2n) is 3.09. The Balaban J connectivity index is 2.78. The Morgan fingerprint density at radius 3 is 2.64 bits per heavy atom. The molecule has 0 heterocycles. The predicted octanol–water partition coefficient (Wildman–Crippen LogP) is 2.12. The molecule has 0 aromatic heterocycles. The van der Waals surface area contributed by atoms with Crippen molar-refractivity contribution < 1.29 is 9.90 Å². The minimum absolute atomic E-state index is 0.223. The fourth-order valence-corrected chi connectivity index (χ4v) is 1.46. The number of carboxylic acids is 1. The van der Waals surface area contributed by atoms with Gasteiger partial charge in [0.25, 0.3) is 0 Å². The number of nitrogen functional groups attached to an aromatic ring is 1. The summed E-state index contributed by atoms with van der Waals surface area (Å²) in [5.41, 5.74) is 6.46. The average Bonchev–Trinajstić information content (AvgIpc) is 2.17. The molecule has 0 aliphatic rings. The van der Waals surface area contributed by atoms with Gasteiger partial charge in [0, 0.05) is 11.1 Å². The zero-order chi connectivity index (χ0) is 10.1. The Morgan fingerprint density at radius 2 is 1.93 bits per heavy atom. The van der Waals surface area contributed by atoms with Crippen LogP contribution in [0.1, 0.15) is 10.4 Å². The van der Waals surface area contributed by atoms with Crippen LogP contribution in [-0.4, -0.2) is 11.1 Å². The highest BCUT2D eigenvalue weighted by Gasteiger charge is 2.05. The second-order valence-corrected chi connectivity index (χ2v) is 3.09. The molecule has 3 N–H and O–H groups in total. The molecule has 0 fully saturated rings. The van der Waals surface area contributed by atoms with E-state index >= 15 is 0 Å². The van der Waals surface area contributed by atoms with Gasteiger partial charge < -0.3 is 10.8 Å². The van der Waals surface area contributed by atoms with Crippen molar-refractivity contribution in [3.8, 4) is 0 Å². The number of aromatic carboxylic acids is 1. The highest BCUT2D eigenvalue weighted by molar-refractivity contribution is 6.00. The Labute approximate surface area is 80.8 Å². The summed E-state index contributed by atoms with van der Waals surface area (Å²) in [5, 5.41) is 10.6. The van der Waals surface area contributed by atoms with Gasteiger partial charge in [0.1, 0.15) is 0 Å². The number of anilines is 1. The van der Waals surface area contributed by atoms with Crippen LogP contribution < -0.4 is 5.73 Å². The lowest BCUT2D eigenvalue weighted by molar-refractivity contribution is 0.0697. The van der Waals surface area contributed by atoms with E-state index in [1.165, 1.54) is 6.07 Å². The molecule has 0 spiro atoms. The van der Waals surface area contributed by atoms with Gasteiger partial charge in [-0.15, -0.1) is 0 Å². The SMILES string of the molecule is Nc1cc(C(=O)O)cc2ccccc12. The molecule has 2 rings (SSSR count). The van der Waals surface area contributed by atoms with Crippen molar-refractivity contribution in [1.82, 2.24) is 0 Å². The van der Waals surface area contributed by atoms with Crippen LogP contribution in [0.25, 0.3) is 10.8 Å². The zero-order valence-corrected chi connectivity index (χ0v) is 7.40. The van der Waals surface area contributed by atoms with Gasteiger partial charge in [-0.25, -0.2) is 4.79 Å². The molecule has 0 radical (unpaired) electrons. The van der Waals surface area contributed by atoms with Crippen LogP contribution in [0.5, 0.6) is 0 Å². The number of carboxylic acid groups (broad SMARTS) is 1. The molecule has 0 aliphatic carbocycles. The smallest absolute Gasteiger partial charge is 0.335 e. The lowest BCUT2D eigenvalue weighted by Gasteiger charge is -2.03. The van der Waals surface area contributed by atoms with Crippen molar-refractivity contribution >= 4 is 22.4 Å². The highest BCUT2D eigenvalue weighted by atomic mass is 16.4. The van der Waals surface area contributed by atoms with E-state index in [2.05, 4.69) is 0 Å². The van der Waals surface area contributed by atoms with Crippen molar-refractivity contribution in [2.24, 2.45) is 0 Å². The Hall–Kier alpha value is -2.03. The maximum absolute atomic E-state index is 10.7. The van der Waals surface area contributed by atoms with Gasteiger partial charge in [0.05, 0.1) is 5.56 Å². The molecular formula is C11H9NO2. The molecule has 0 atom stereocenters. The van der Waals surface area contributed by atoms with E-state index in [-0.39, 0.29) is 5.56 Å². The summed E-state index contributed by atoms with van der Waals surface area (Å²) >= 11 is 0. The topological polar surface area (TPSA) is 63.3 Å². The number of fused-ring (bicyclic) bond motifs is 1. The third-order valence-electron chi connectivity index (χ3n) is 2.14. The Bertz CT molecular complexity index is 506. The van der Waals surface area contributed by atoms with Gasteiger partial charge in [0.15, 0.2) is 0 Å². The molecule has 0 unspecified atom stereocenters. The fourth-order valence-electron chi connectivity index (χ4n) is 1.46. The number of hydrogen-bond acceptors (Lipinski definition) is 2. The van der Waals surface area contributed by atoms with Crippen molar-refractivity contribution in [2.75, 3.05) is 5.73 Å². The number of carbonyl (C=O) groups is 1. The summed E-state index contributed by atoms with van der Waals surface area (Å²) in [6.45, 7) is 0. The van der Waals surface area contributed by atoms with E-state index < -0.39 is 5.97 Å². The van der Waals surface area contributed by atoms with Gasteiger partial charge in [-0.3, -0.25) is 0 Å². The lowest BCUT2D eigenvalue weighted by Crippen LogP contribution is -1.98. The van der Waals surface area contributed by atoms with Crippen LogP contribution in [0.4, 0.5) is 5.69 Å². The first kappa shape index (κ1) is 8.56. The first-order chi connectivity index (χ1) is 6.68. The van der Waals surface area contributed by atoms with Crippen LogP contribution >= 0.6 is 0 Å². The molecule has 0 amide bonds. The summed E-state index contributed by atoms with van der Waals surface area (Å²) < 4.78 is 0. The Morgan fingerprint density at radius 1 is 1.21 bits per heavy atom. The van der Waals surface area contributed by atoms with E-state index in [0.29, 0.717) is 5.69 Å². The van der Waals surface area contributed by atoms with Gasteiger partial charge in [-0.05, 0) is 17.5 Å². The summed E-state index contributed by atoms with van der Waals surface area (Å²) in [4.78, 5) is 10.7. The summed E-state index contributed by atoms with van der Waals surface area (Å²) in [6, 6.07) is 10.5. The monoisotopic (exact) mass is 187 g/mol. The molecule has 14 heavy (non-hydrogen) atoms.